The summed E-state index contributed by atoms with van der Waals surface area (Å²) in [5.41, 5.74) is -0.0665. The third kappa shape index (κ3) is 6.24. The third-order valence-electron chi connectivity index (χ3n) is 8.10. The number of aromatic hydroxyl groups is 1. The van der Waals surface area contributed by atoms with Crippen LogP contribution < -0.4 is 20.7 Å². The average Bonchev–Trinajstić information content (AvgIpc) is 3.67. The molecular formula is C29H29Cl2F3N8O5. The molecule has 0 aliphatic carbocycles. The first-order valence-electron chi connectivity index (χ1n) is 14.7. The van der Waals surface area contributed by atoms with Crippen molar-refractivity contribution in [2.75, 3.05) is 48.0 Å². The molecule has 1 saturated heterocycles. The van der Waals surface area contributed by atoms with Crippen molar-refractivity contribution < 1.29 is 32.3 Å². The standard InChI is InChI=1S/C29H29Cl2F3N8O5/c1-3-21-24(39-6-7-40(15(2)12-39)26-22(43)14-47-38-26)27(45)42-28(36-25(37-42)16-4-8-46-9-5-16)41(21)13-23(44)35-20-11-18(30)17(10-19(20)31)29(32,33)34/h4,10-11,14-15,43H,3,5-9,12-13H2,1-2H3,(H,35,44)/t15-/m1/s1. The van der Waals surface area contributed by atoms with E-state index in [-0.39, 0.29) is 34.8 Å². The lowest BCUT2D eigenvalue weighted by Crippen LogP contribution is -2.54. The number of piperazine rings is 1. The lowest BCUT2D eigenvalue weighted by molar-refractivity contribution is -0.137. The van der Waals surface area contributed by atoms with Gasteiger partial charge < -0.3 is 34.1 Å². The monoisotopic (exact) mass is 696 g/mol. The van der Waals surface area contributed by atoms with Crippen molar-refractivity contribution in [2.24, 2.45) is 0 Å². The van der Waals surface area contributed by atoms with Gasteiger partial charge in [-0.05, 0) is 37.5 Å². The van der Waals surface area contributed by atoms with Gasteiger partial charge in [0.25, 0.3) is 5.56 Å². The molecule has 1 fully saturated rings. The summed E-state index contributed by atoms with van der Waals surface area (Å²) < 4.78 is 53.0. The fraction of sp³-hybridized carbons (Fsp3) is 0.414. The zero-order valence-electron chi connectivity index (χ0n) is 25.1. The molecule has 2 aliphatic rings. The zero-order chi connectivity index (χ0) is 33.6. The molecule has 250 valence electrons. The molecule has 0 bridgehead atoms. The van der Waals surface area contributed by atoms with Gasteiger partial charge in [0.2, 0.25) is 23.3 Å². The van der Waals surface area contributed by atoms with E-state index in [0.29, 0.717) is 74.8 Å². The fourth-order valence-electron chi connectivity index (χ4n) is 5.89. The van der Waals surface area contributed by atoms with Crippen LogP contribution in [0.25, 0.3) is 11.4 Å². The number of hydrogen-bond donors (Lipinski definition) is 2. The van der Waals surface area contributed by atoms with Crippen LogP contribution in [0, 0.1) is 0 Å². The van der Waals surface area contributed by atoms with Gasteiger partial charge in [0, 0.05) is 25.7 Å². The Balaban J connectivity index is 1.40. The van der Waals surface area contributed by atoms with E-state index in [2.05, 4.69) is 20.6 Å². The second-order valence-electron chi connectivity index (χ2n) is 11.1. The Bertz CT molecular complexity index is 1940. The van der Waals surface area contributed by atoms with Crippen LogP contribution in [0.1, 0.15) is 37.4 Å². The predicted molar refractivity (Wildman–Crippen MR) is 167 cm³/mol. The van der Waals surface area contributed by atoms with E-state index < -0.39 is 28.2 Å². The third-order valence-corrected chi connectivity index (χ3v) is 8.72. The molecule has 5 heterocycles. The molecule has 1 atom stereocenters. The number of nitrogens with one attached hydrogen (secondary N) is 1. The minimum absolute atomic E-state index is 0.0960. The molecule has 4 aromatic rings. The molecule has 0 saturated carbocycles. The SMILES string of the molecule is CCc1c(N2CCN(c3nocc3O)[C@H](C)C2)c(=O)n2nc(C3=CCOCC3)nc2n1CC(=O)Nc1cc(Cl)c(C(F)(F)F)cc1Cl. The molecule has 1 amide bonds. The predicted octanol–water partition coefficient (Wildman–Crippen LogP) is 4.63. The molecule has 3 aromatic heterocycles. The zero-order valence-corrected chi connectivity index (χ0v) is 26.7. The van der Waals surface area contributed by atoms with Gasteiger partial charge in [-0.25, -0.2) is 0 Å². The van der Waals surface area contributed by atoms with Crippen molar-refractivity contribution in [3.63, 3.8) is 0 Å². The van der Waals surface area contributed by atoms with Crippen molar-refractivity contribution in [1.29, 1.82) is 0 Å². The van der Waals surface area contributed by atoms with Crippen molar-refractivity contribution in [3.05, 3.63) is 62.0 Å². The number of nitrogens with zero attached hydrogens (tertiary/aromatic N) is 7. The van der Waals surface area contributed by atoms with Crippen LogP contribution in [0.15, 0.2) is 33.8 Å². The molecule has 2 N–H and O–H groups in total. The van der Waals surface area contributed by atoms with Crippen LogP contribution in [0.3, 0.4) is 0 Å². The summed E-state index contributed by atoms with van der Waals surface area (Å²) >= 11 is 12.0. The van der Waals surface area contributed by atoms with Gasteiger partial charge >= 0.3 is 6.18 Å². The number of ether oxygens (including phenoxy) is 1. The second-order valence-corrected chi connectivity index (χ2v) is 11.9. The van der Waals surface area contributed by atoms with Gasteiger partial charge in [0.05, 0.1) is 40.2 Å². The number of benzene rings is 1. The summed E-state index contributed by atoms with van der Waals surface area (Å²) in [6.45, 7) is 5.31. The van der Waals surface area contributed by atoms with Crippen LogP contribution in [-0.4, -0.2) is 74.2 Å². The first kappa shape index (κ1) is 32.7. The smallest absolute Gasteiger partial charge is 0.417 e. The van der Waals surface area contributed by atoms with Gasteiger partial charge in [-0.2, -0.15) is 22.7 Å². The van der Waals surface area contributed by atoms with E-state index in [4.69, 9.17) is 32.5 Å². The Kier molecular flexibility index (Phi) is 8.84. The largest absolute Gasteiger partial charge is 0.502 e. The van der Waals surface area contributed by atoms with E-state index >= 15 is 0 Å². The molecule has 13 nitrogen and oxygen atoms in total. The topological polar surface area (TPSA) is 143 Å². The summed E-state index contributed by atoms with van der Waals surface area (Å²) in [7, 11) is 0. The van der Waals surface area contributed by atoms with E-state index in [1.54, 1.807) is 4.57 Å². The van der Waals surface area contributed by atoms with Gasteiger partial charge in [-0.15, -0.1) is 5.10 Å². The minimum atomic E-state index is -4.74. The van der Waals surface area contributed by atoms with Crippen molar-refractivity contribution in [2.45, 2.75) is 45.5 Å². The number of anilines is 3. The number of alkyl halides is 3. The molecule has 0 spiro atoms. The molecule has 1 aromatic carbocycles. The van der Waals surface area contributed by atoms with Gasteiger partial charge in [0.15, 0.2) is 12.1 Å². The summed E-state index contributed by atoms with van der Waals surface area (Å²) in [6.07, 6.45) is -0.915. The van der Waals surface area contributed by atoms with Gasteiger partial charge in [-0.3, -0.25) is 9.59 Å². The fourth-order valence-corrected chi connectivity index (χ4v) is 6.37. The summed E-state index contributed by atoms with van der Waals surface area (Å²) in [5.74, 6) is -0.0187. The molecule has 6 rings (SSSR count). The normalized spacial score (nSPS) is 17.3. The summed E-state index contributed by atoms with van der Waals surface area (Å²) in [6, 6.07) is 1.39. The number of rotatable bonds is 7. The Labute approximate surface area is 275 Å². The number of carbonyl (C=O) groups is 1. The van der Waals surface area contributed by atoms with Crippen LogP contribution in [0.5, 0.6) is 5.75 Å². The molecule has 0 radical (unpaired) electrons. The maximum Gasteiger partial charge on any atom is 0.417 e. The Hall–Kier alpha value is -4.28. The average molecular weight is 698 g/mol. The van der Waals surface area contributed by atoms with Crippen LogP contribution >= 0.6 is 23.2 Å². The number of fused-ring (bicyclic) bond motifs is 1. The van der Waals surface area contributed by atoms with E-state index in [1.807, 2.05) is 29.7 Å². The highest BCUT2D eigenvalue weighted by atomic mass is 35.5. The first-order valence-corrected chi connectivity index (χ1v) is 15.4. The highest BCUT2D eigenvalue weighted by Crippen LogP contribution is 2.39. The number of halogens is 5. The number of amides is 1. The molecule has 47 heavy (non-hydrogen) atoms. The van der Waals surface area contributed by atoms with E-state index in [0.717, 1.165) is 22.4 Å². The van der Waals surface area contributed by atoms with Gasteiger partial charge in [-0.1, -0.05) is 41.4 Å². The lowest BCUT2D eigenvalue weighted by atomic mass is 10.1. The minimum Gasteiger partial charge on any atom is -0.502 e. The van der Waals surface area contributed by atoms with Crippen LogP contribution in [0.4, 0.5) is 30.4 Å². The van der Waals surface area contributed by atoms with Crippen molar-refractivity contribution in [3.8, 4) is 5.75 Å². The summed E-state index contributed by atoms with van der Waals surface area (Å²) in [5, 5.41) is 20.2. The maximum atomic E-state index is 14.2. The highest BCUT2D eigenvalue weighted by Gasteiger charge is 2.35. The number of aromatic nitrogens is 5. The van der Waals surface area contributed by atoms with Gasteiger partial charge in [0.1, 0.15) is 12.2 Å². The van der Waals surface area contributed by atoms with Crippen molar-refractivity contribution >= 4 is 57.7 Å². The van der Waals surface area contributed by atoms with Crippen LogP contribution in [-0.2, 0) is 28.7 Å². The quantitative estimate of drug-likeness (QED) is 0.281. The number of carbonyl (C=O) groups excluding carboxylic acids is 1. The number of hydrogen-bond acceptors (Lipinski definition) is 10. The Morgan fingerprint density at radius 3 is 2.64 bits per heavy atom. The molecular weight excluding hydrogens is 668 g/mol. The Morgan fingerprint density at radius 2 is 2.00 bits per heavy atom. The maximum absolute atomic E-state index is 14.2. The van der Waals surface area contributed by atoms with E-state index in [9.17, 15) is 27.9 Å². The Morgan fingerprint density at radius 1 is 1.21 bits per heavy atom. The van der Waals surface area contributed by atoms with Crippen molar-refractivity contribution in [1.82, 2.24) is 24.3 Å². The second kappa shape index (κ2) is 12.7. The first-order chi connectivity index (χ1) is 22.4. The highest BCUT2D eigenvalue weighted by molar-refractivity contribution is 6.36. The molecule has 0 unspecified atom stereocenters. The lowest BCUT2D eigenvalue weighted by Gasteiger charge is -2.41. The molecule has 2 aliphatic heterocycles. The summed E-state index contributed by atoms with van der Waals surface area (Å²) in [4.78, 5) is 36.1. The van der Waals surface area contributed by atoms with E-state index in [1.165, 1.54) is 0 Å². The molecule has 18 heteroatoms. The van der Waals surface area contributed by atoms with Crippen LogP contribution in [0.2, 0.25) is 10.0 Å².